The number of phenolic OH excluding ortho intramolecular Hbond substituents is 1. The number of hydrogen-bond donors (Lipinski definition) is 3. The first-order chi connectivity index (χ1) is 14.5. The summed E-state index contributed by atoms with van der Waals surface area (Å²) < 4.78 is 26.5. The van der Waals surface area contributed by atoms with E-state index in [4.69, 9.17) is 11.6 Å². The molecular formula is C21H26ClN3O5S. The van der Waals surface area contributed by atoms with E-state index in [1.165, 1.54) is 41.7 Å². The maximum atomic E-state index is 12.7. The molecule has 10 heteroatoms. The van der Waals surface area contributed by atoms with E-state index in [0.29, 0.717) is 18.5 Å². The summed E-state index contributed by atoms with van der Waals surface area (Å²) in [6.07, 6.45) is 0.446. The topological polar surface area (TPSA) is 116 Å². The molecule has 31 heavy (non-hydrogen) atoms. The van der Waals surface area contributed by atoms with Crippen LogP contribution in [0.25, 0.3) is 0 Å². The fourth-order valence-corrected chi connectivity index (χ4v) is 4.22. The van der Waals surface area contributed by atoms with Gasteiger partial charge in [-0.05, 0) is 56.7 Å². The first-order valence-electron chi connectivity index (χ1n) is 9.67. The van der Waals surface area contributed by atoms with E-state index in [2.05, 4.69) is 10.6 Å². The minimum Gasteiger partial charge on any atom is -0.508 e. The highest BCUT2D eigenvalue weighted by molar-refractivity contribution is 7.89. The lowest BCUT2D eigenvalue weighted by Gasteiger charge is -2.21. The van der Waals surface area contributed by atoms with Crippen molar-refractivity contribution < 1.29 is 23.1 Å². The molecule has 0 spiro atoms. The number of benzene rings is 2. The molecule has 2 amide bonds. The normalized spacial score (nSPS) is 11.5. The molecule has 0 saturated carbocycles. The van der Waals surface area contributed by atoms with Crippen LogP contribution in [0.1, 0.15) is 41.0 Å². The number of hydrogen-bond acceptors (Lipinski definition) is 5. The molecule has 0 aliphatic heterocycles. The highest BCUT2D eigenvalue weighted by Gasteiger charge is 2.25. The van der Waals surface area contributed by atoms with Gasteiger partial charge in [0.1, 0.15) is 5.75 Å². The second kappa shape index (κ2) is 10.6. The van der Waals surface area contributed by atoms with Crippen LogP contribution in [0, 0.1) is 0 Å². The Morgan fingerprint density at radius 3 is 2.32 bits per heavy atom. The standard InChI is InChI=1S/C21H26ClN3O5S/c1-14(2)25(3)31(29,30)17-8-9-19(22)18(13-17)21(28)24-11-5-10-23-20(27)15-6-4-7-16(26)12-15/h4,6-9,12-14,26H,5,10-11H2,1-3H3,(H,23,27)(H,24,28). The van der Waals surface area contributed by atoms with Gasteiger partial charge >= 0.3 is 0 Å². The number of nitrogens with zero attached hydrogens (tertiary/aromatic N) is 1. The Labute approximate surface area is 187 Å². The Morgan fingerprint density at radius 2 is 1.71 bits per heavy atom. The molecule has 0 aromatic heterocycles. The molecule has 0 aliphatic carbocycles. The molecule has 0 bridgehead atoms. The zero-order valence-electron chi connectivity index (χ0n) is 17.6. The van der Waals surface area contributed by atoms with E-state index in [9.17, 15) is 23.1 Å². The number of amides is 2. The molecule has 2 rings (SSSR count). The number of halogens is 1. The SMILES string of the molecule is CC(C)N(C)S(=O)(=O)c1ccc(Cl)c(C(=O)NCCCNC(=O)c2cccc(O)c2)c1. The van der Waals surface area contributed by atoms with Crippen molar-refractivity contribution in [2.75, 3.05) is 20.1 Å². The molecule has 0 unspecified atom stereocenters. The van der Waals surface area contributed by atoms with Crippen molar-refractivity contribution in [1.29, 1.82) is 0 Å². The van der Waals surface area contributed by atoms with Gasteiger partial charge in [-0.1, -0.05) is 17.7 Å². The molecule has 0 radical (unpaired) electrons. The van der Waals surface area contributed by atoms with Crippen molar-refractivity contribution in [3.63, 3.8) is 0 Å². The van der Waals surface area contributed by atoms with Gasteiger partial charge in [-0.25, -0.2) is 8.42 Å². The summed E-state index contributed by atoms with van der Waals surface area (Å²) in [7, 11) is -2.28. The van der Waals surface area contributed by atoms with Gasteiger partial charge < -0.3 is 15.7 Å². The van der Waals surface area contributed by atoms with Crippen LogP contribution in [0.5, 0.6) is 5.75 Å². The maximum absolute atomic E-state index is 12.7. The summed E-state index contributed by atoms with van der Waals surface area (Å²) >= 11 is 6.10. The summed E-state index contributed by atoms with van der Waals surface area (Å²) in [5.41, 5.74) is 0.393. The van der Waals surface area contributed by atoms with Crippen LogP contribution in [0.15, 0.2) is 47.4 Å². The van der Waals surface area contributed by atoms with Crippen LogP contribution in [-0.4, -0.2) is 55.8 Å². The fraction of sp³-hybridized carbons (Fsp3) is 0.333. The smallest absolute Gasteiger partial charge is 0.252 e. The quantitative estimate of drug-likeness (QED) is 0.490. The lowest BCUT2D eigenvalue weighted by molar-refractivity contribution is 0.0951. The third-order valence-electron chi connectivity index (χ3n) is 4.62. The summed E-state index contributed by atoms with van der Waals surface area (Å²) in [5.74, 6) is -0.841. The van der Waals surface area contributed by atoms with Gasteiger partial charge in [0.05, 0.1) is 15.5 Å². The number of rotatable bonds is 9. The van der Waals surface area contributed by atoms with Crippen LogP contribution >= 0.6 is 11.6 Å². The zero-order chi connectivity index (χ0) is 23.2. The highest BCUT2D eigenvalue weighted by atomic mass is 35.5. The van der Waals surface area contributed by atoms with Crippen molar-refractivity contribution in [2.45, 2.75) is 31.2 Å². The number of carbonyl (C=O) groups excluding carboxylic acids is 2. The minimum absolute atomic E-state index is 0.000578. The second-order valence-electron chi connectivity index (χ2n) is 7.17. The van der Waals surface area contributed by atoms with Crippen molar-refractivity contribution in [2.24, 2.45) is 0 Å². The fourth-order valence-electron chi connectivity index (χ4n) is 2.62. The number of phenols is 1. The molecular weight excluding hydrogens is 442 g/mol. The van der Waals surface area contributed by atoms with E-state index < -0.39 is 15.9 Å². The van der Waals surface area contributed by atoms with E-state index in [-0.39, 0.29) is 39.7 Å². The van der Waals surface area contributed by atoms with Gasteiger partial charge in [0.2, 0.25) is 10.0 Å². The third kappa shape index (κ3) is 6.43. The van der Waals surface area contributed by atoms with Crippen molar-refractivity contribution >= 4 is 33.4 Å². The van der Waals surface area contributed by atoms with E-state index in [1.807, 2.05) is 0 Å². The molecule has 2 aromatic rings. The molecule has 8 nitrogen and oxygen atoms in total. The van der Waals surface area contributed by atoms with Gasteiger partial charge in [-0.3, -0.25) is 9.59 Å². The molecule has 0 atom stereocenters. The average Bonchev–Trinajstić information content (AvgIpc) is 2.72. The van der Waals surface area contributed by atoms with E-state index in [0.717, 1.165) is 0 Å². The van der Waals surface area contributed by atoms with Crippen molar-refractivity contribution in [3.8, 4) is 5.75 Å². The Balaban J connectivity index is 1.93. The van der Waals surface area contributed by atoms with Crippen molar-refractivity contribution in [3.05, 3.63) is 58.6 Å². The first-order valence-corrected chi connectivity index (χ1v) is 11.5. The van der Waals surface area contributed by atoms with E-state index in [1.54, 1.807) is 26.0 Å². The Hall–Kier alpha value is -2.62. The number of nitrogens with one attached hydrogen (secondary N) is 2. The molecule has 0 fully saturated rings. The maximum Gasteiger partial charge on any atom is 0.252 e. The van der Waals surface area contributed by atoms with Crippen LogP contribution in [0.2, 0.25) is 5.02 Å². The van der Waals surface area contributed by atoms with E-state index >= 15 is 0 Å². The Morgan fingerprint density at radius 1 is 1.06 bits per heavy atom. The number of sulfonamides is 1. The van der Waals surface area contributed by atoms with Crippen molar-refractivity contribution in [1.82, 2.24) is 14.9 Å². The van der Waals surface area contributed by atoms with Gasteiger partial charge in [0.15, 0.2) is 0 Å². The van der Waals surface area contributed by atoms with Gasteiger partial charge in [-0.15, -0.1) is 0 Å². The van der Waals surface area contributed by atoms with Crippen LogP contribution < -0.4 is 10.6 Å². The molecule has 0 heterocycles. The molecule has 168 valence electrons. The third-order valence-corrected chi connectivity index (χ3v) is 6.98. The lowest BCUT2D eigenvalue weighted by atomic mass is 10.2. The van der Waals surface area contributed by atoms with Gasteiger partial charge in [0.25, 0.3) is 11.8 Å². The zero-order valence-corrected chi connectivity index (χ0v) is 19.1. The highest BCUT2D eigenvalue weighted by Crippen LogP contribution is 2.23. The largest absolute Gasteiger partial charge is 0.508 e. The Kier molecular flexibility index (Phi) is 8.43. The summed E-state index contributed by atoms with van der Waals surface area (Å²) in [6, 6.07) is 9.74. The van der Waals surface area contributed by atoms with Crippen LogP contribution in [0.3, 0.4) is 0 Å². The van der Waals surface area contributed by atoms with Crippen LogP contribution in [0.4, 0.5) is 0 Å². The van der Waals surface area contributed by atoms with Gasteiger partial charge in [-0.2, -0.15) is 4.31 Å². The predicted molar refractivity (Wildman–Crippen MR) is 119 cm³/mol. The molecule has 0 aliphatic rings. The molecule has 2 aromatic carbocycles. The average molecular weight is 468 g/mol. The Bertz CT molecular complexity index is 1060. The van der Waals surface area contributed by atoms with Gasteiger partial charge in [0, 0.05) is 31.7 Å². The van der Waals surface area contributed by atoms with Crippen LogP contribution in [-0.2, 0) is 10.0 Å². The summed E-state index contributed by atoms with van der Waals surface area (Å²) in [5, 5.41) is 14.9. The molecule has 3 N–H and O–H groups in total. The minimum atomic E-state index is -3.75. The number of aromatic hydroxyl groups is 1. The summed E-state index contributed by atoms with van der Waals surface area (Å²) in [6.45, 7) is 4.05. The summed E-state index contributed by atoms with van der Waals surface area (Å²) in [4.78, 5) is 24.5. The monoisotopic (exact) mass is 467 g/mol. The lowest BCUT2D eigenvalue weighted by Crippen LogP contribution is -2.33. The number of carbonyl (C=O) groups is 2. The molecule has 0 saturated heterocycles. The first kappa shape index (κ1) is 24.6. The second-order valence-corrected chi connectivity index (χ2v) is 9.58. The predicted octanol–water partition coefficient (Wildman–Crippen LogP) is 2.62.